The first-order valence-corrected chi connectivity index (χ1v) is 2.16. The SMILES string of the molecule is C=C(C)N=C(N)Cl. The quantitative estimate of drug-likeness (QED) is 0.312. The summed E-state index contributed by atoms with van der Waals surface area (Å²) in [5, 5.41) is 0.0347. The smallest absolute Gasteiger partial charge is 0.193 e. The van der Waals surface area contributed by atoms with Gasteiger partial charge in [-0.05, 0) is 18.5 Å². The van der Waals surface area contributed by atoms with Crippen LogP contribution in [-0.4, -0.2) is 5.29 Å². The Labute approximate surface area is 47.7 Å². The zero-order valence-corrected chi connectivity index (χ0v) is 4.87. The van der Waals surface area contributed by atoms with E-state index in [0.717, 1.165) is 0 Å². The third kappa shape index (κ3) is 5.50. The van der Waals surface area contributed by atoms with E-state index < -0.39 is 0 Å². The van der Waals surface area contributed by atoms with Crippen LogP contribution >= 0.6 is 11.6 Å². The fourth-order valence-electron chi connectivity index (χ4n) is 0.182. The van der Waals surface area contributed by atoms with Crippen LogP contribution in [-0.2, 0) is 0 Å². The first-order valence-electron chi connectivity index (χ1n) is 1.78. The van der Waals surface area contributed by atoms with Gasteiger partial charge in [0.2, 0.25) is 0 Å². The normalized spacial score (nSPS) is 11.4. The molecule has 40 valence electrons. The summed E-state index contributed by atoms with van der Waals surface area (Å²) >= 11 is 5.14. The lowest BCUT2D eigenvalue weighted by molar-refractivity contribution is 1.32. The molecule has 0 rings (SSSR count). The van der Waals surface area contributed by atoms with Gasteiger partial charge in [-0.25, -0.2) is 4.99 Å². The molecule has 0 amide bonds. The Kier molecular flexibility index (Phi) is 2.45. The summed E-state index contributed by atoms with van der Waals surface area (Å²) in [4.78, 5) is 3.54. The van der Waals surface area contributed by atoms with E-state index >= 15 is 0 Å². The predicted molar refractivity (Wildman–Crippen MR) is 32.3 cm³/mol. The highest BCUT2D eigenvalue weighted by molar-refractivity contribution is 6.64. The summed E-state index contributed by atoms with van der Waals surface area (Å²) < 4.78 is 0. The number of aliphatic imine (C=N–C) groups is 1. The molecule has 0 aromatic rings. The highest BCUT2D eigenvalue weighted by Gasteiger charge is 1.77. The third-order valence-corrected chi connectivity index (χ3v) is 0.382. The van der Waals surface area contributed by atoms with E-state index in [9.17, 15) is 0 Å². The van der Waals surface area contributed by atoms with Gasteiger partial charge in [0.25, 0.3) is 0 Å². The molecule has 7 heavy (non-hydrogen) atoms. The van der Waals surface area contributed by atoms with Gasteiger partial charge in [0.15, 0.2) is 5.29 Å². The fraction of sp³-hybridized carbons (Fsp3) is 0.250. The fourth-order valence-corrected chi connectivity index (χ4v) is 0.327. The monoisotopic (exact) mass is 118 g/mol. The molecule has 0 aliphatic heterocycles. The number of nitrogens with zero attached hydrogens (tertiary/aromatic N) is 1. The summed E-state index contributed by atoms with van der Waals surface area (Å²) in [6.07, 6.45) is 0. The molecule has 0 aliphatic rings. The van der Waals surface area contributed by atoms with Crippen molar-refractivity contribution >= 4 is 16.9 Å². The number of halogens is 1. The second kappa shape index (κ2) is 2.64. The van der Waals surface area contributed by atoms with E-state index in [2.05, 4.69) is 11.6 Å². The van der Waals surface area contributed by atoms with E-state index in [-0.39, 0.29) is 5.29 Å². The molecule has 0 aromatic carbocycles. The van der Waals surface area contributed by atoms with Crippen molar-refractivity contribution in [1.29, 1.82) is 0 Å². The minimum Gasteiger partial charge on any atom is -0.374 e. The van der Waals surface area contributed by atoms with Gasteiger partial charge in [-0.15, -0.1) is 0 Å². The summed E-state index contributed by atoms with van der Waals surface area (Å²) in [5.74, 6) is 0. The Morgan fingerprint density at radius 1 is 1.86 bits per heavy atom. The molecule has 0 radical (unpaired) electrons. The van der Waals surface area contributed by atoms with Crippen LogP contribution in [0, 0.1) is 0 Å². The summed E-state index contributed by atoms with van der Waals surface area (Å²) in [7, 11) is 0. The molecule has 0 aromatic heterocycles. The standard InChI is InChI=1S/C4H7ClN2/c1-3(2)7-4(5)6/h1H2,2H3,(H2,6,7). The van der Waals surface area contributed by atoms with E-state index in [1.165, 1.54) is 0 Å². The van der Waals surface area contributed by atoms with Crippen LogP contribution in [0.25, 0.3) is 0 Å². The maximum atomic E-state index is 5.14. The average Bonchev–Trinajstić information content (AvgIpc) is 1.27. The molecule has 0 aliphatic carbocycles. The Hall–Kier alpha value is -0.500. The topological polar surface area (TPSA) is 38.4 Å². The number of hydrogen-bond donors (Lipinski definition) is 1. The maximum Gasteiger partial charge on any atom is 0.193 e. The van der Waals surface area contributed by atoms with Crippen LogP contribution < -0.4 is 5.73 Å². The molecular weight excluding hydrogens is 112 g/mol. The van der Waals surface area contributed by atoms with Crippen molar-refractivity contribution in [3.8, 4) is 0 Å². The number of hydrogen-bond acceptors (Lipinski definition) is 1. The number of amidine groups is 1. The van der Waals surface area contributed by atoms with Crippen molar-refractivity contribution in [2.75, 3.05) is 0 Å². The van der Waals surface area contributed by atoms with Gasteiger partial charge in [0.05, 0.1) is 0 Å². The minimum atomic E-state index is 0.0347. The molecule has 0 saturated carbocycles. The van der Waals surface area contributed by atoms with E-state index in [1.54, 1.807) is 6.92 Å². The molecular formula is C4H7ClN2. The van der Waals surface area contributed by atoms with Gasteiger partial charge < -0.3 is 5.73 Å². The molecule has 0 unspecified atom stereocenters. The molecule has 2 nitrogen and oxygen atoms in total. The predicted octanol–water partition coefficient (Wildman–Crippen LogP) is 1.07. The van der Waals surface area contributed by atoms with Gasteiger partial charge in [-0.2, -0.15) is 0 Å². The number of nitrogens with two attached hydrogens (primary N) is 1. The Balaban J connectivity index is 3.68. The van der Waals surface area contributed by atoms with E-state index in [1.807, 2.05) is 0 Å². The van der Waals surface area contributed by atoms with Crippen LogP contribution in [0.15, 0.2) is 17.3 Å². The average molecular weight is 119 g/mol. The third-order valence-electron chi connectivity index (χ3n) is 0.298. The highest BCUT2D eigenvalue weighted by Crippen LogP contribution is 1.88. The second-order valence-corrected chi connectivity index (χ2v) is 1.56. The van der Waals surface area contributed by atoms with Gasteiger partial charge in [0.1, 0.15) is 0 Å². The van der Waals surface area contributed by atoms with Gasteiger partial charge in [0, 0.05) is 5.70 Å². The zero-order valence-electron chi connectivity index (χ0n) is 4.11. The molecule has 3 heteroatoms. The van der Waals surface area contributed by atoms with Crippen molar-refractivity contribution in [3.05, 3.63) is 12.3 Å². The van der Waals surface area contributed by atoms with Crippen LogP contribution in [0.2, 0.25) is 0 Å². The molecule has 0 fully saturated rings. The molecule has 0 heterocycles. The highest BCUT2D eigenvalue weighted by atomic mass is 35.5. The molecule has 0 bridgehead atoms. The lowest BCUT2D eigenvalue weighted by Gasteiger charge is -1.83. The van der Waals surface area contributed by atoms with Crippen molar-refractivity contribution in [2.45, 2.75) is 6.92 Å². The van der Waals surface area contributed by atoms with Gasteiger partial charge >= 0.3 is 0 Å². The van der Waals surface area contributed by atoms with Crippen molar-refractivity contribution < 1.29 is 0 Å². The molecule has 0 atom stereocenters. The Morgan fingerprint density at radius 2 is 2.29 bits per heavy atom. The van der Waals surface area contributed by atoms with Crippen LogP contribution in [0.1, 0.15) is 6.92 Å². The van der Waals surface area contributed by atoms with Crippen molar-refractivity contribution in [2.24, 2.45) is 10.7 Å². The summed E-state index contributed by atoms with van der Waals surface area (Å²) in [6, 6.07) is 0. The Bertz CT molecular complexity index is 102. The number of allylic oxidation sites excluding steroid dienone is 1. The summed E-state index contributed by atoms with van der Waals surface area (Å²) in [5.41, 5.74) is 5.57. The van der Waals surface area contributed by atoms with E-state index in [4.69, 9.17) is 17.3 Å². The van der Waals surface area contributed by atoms with Crippen molar-refractivity contribution in [1.82, 2.24) is 0 Å². The first kappa shape index (κ1) is 6.50. The van der Waals surface area contributed by atoms with Gasteiger partial charge in [-0.3, -0.25) is 0 Å². The molecule has 0 spiro atoms. The van der Waals surface area contributed by atoms with Crippen molar-refractivity contribution in [3.63, 3.8) is 0 Å². The zero-order chi connectivity index (χ0) is 5.86. The van der Waals surface area contributed by atoms with Crippen LogP contribution in [0.4, 0.5) is 0 Å². The lowest BCUT2D eigenvalue weighted by Crippen LogP contribution is -2.00. The van der Waals surface area contributed by atoms with Gasteiger partial charge in [-0.1, -0.05) is 6.58 Å². The largest absolute Gasteiger partial charge is 0.374 e. The second-order valence-electron chi connectivity index (χ2n) is 1.17. The van der Waals surface area contributed by atoms with E-state index in [0.29, 0.717) is 5.70 Å². The number of rotatable bonds is 1. The van der Waals surface area contributed by atoms with Crippen LogP contribution in [0.3, 0.4) is 0 Å². The molecule has 2 N–H and O–H groups in total. The Morgan fingerprint density at radius 3 is 2.29 bits per heavy atom. The van der Waals surface area contributed by atoms with Crippen LogP contribution in [0.5, 0.6) is 0 Å². The maximum absolute atomic E-state index is 5.14. The minimum absolute atomic E-state index is 0.0347. The first-order chi connectivity index (χ1) is 3.13. The summed E-state index contributed by atoms with van der Waals surface area (Å²) in [6.45, 7) is 5.16. The molecule has 0 saturated heterocycles. The lowest BCUT2D eigenvalue weighted by atomic mass is 10.6.